The van der Waals surface area contributed by atoms with Crippen molar-refractivity contribution in [2.75, 3.05) is 0 Å². The molecule has 0 bridgehead atoms. The van der Waals surface area contributed by atoms with Crippen LogP contribution in [0.15, 0.2) is 53.4 Å². The molecule has 0 spiro atoms. The van der Waals surface area contributed by atoms with Gasteiger partial charge in [-0.25, -0.2) is 0 Å². The summed E-state index contributed by atoms with van der Waals surface area (Å²) in [5.41, 5.74) is 0. The molecular weight excluding hydrogens is 228 g/mol. The molecule has 1 aliphatic carbocycles. The van der Waals surface area contributed by atoms with E-state index in [-0.39, 0.29) is 6.10 Å². The van der Waals surface area contributed by atoms with Gasteiger partial charge in [-0.1, -0.05) is 36.4 Å². The summed E-state index contributed by atoms with van der Waals surface area (Å²) in [7, 11) is 0. The van der Waals surface area contributed by atoms with E-state index in [0.29, 0.717) is 5.25 Å². The van der Waals surface area contributed by atoms with Crippen molar-refractivity contribution >= 4 is 22.5 Å². The third-order valence-corrected chi connectivity index (χ3v) is 4.86. The second kappa shape index (κ2) is 3.54. The van der Waals surface area contributed by atoms with Gasteiger partial charge in [-0.2, -0.15) is 0 Å². The van der Waals surface area contributed by atoms with Gasteiger partial charge < -0.3 is 4.74 Å². The summed E-state index contributed by atoms with van der Waals surface area (Å²) in [4.78, 5) is 1.31. The lowest BCUT2D eigenvalue weighted by molar-refractivity contribution is 0.242. The average Bonchev–Trinajstić information content (AvgIpc) is 2.83. The lowest BCUT2D eigenvalue weighted by atomic mass is 10.1. The van der Waals surface area contributed by atoms with E-state index in [2.05, 4.69) is 48.6 Å². The SMILES string of the molecule is C1=CC2Oc3ccc4ccccc4c3SC2C1. The molecule has 2 aromatic rings. The van der Waals surface area contributed by atoms with Crippen molar-refractivity contribution in [3.05, 3.63) is 48.6 Å². The van der Waals surface area contributed by atoms with Gasteiger partial charge in [0.05, 0.1) is 10.1 Å². The minimum atomic E-state index is 0.272. The zero-order valence-electron chi connectivity index (χ0n) is 9.30. The van der Waals surface area contributed by atoms with Gasteiger partial charge >= 0.3 is 0 Å². The molecule has 0 amide bonds. The highest BCUT2D eigenvalue weighted by molar-refractivity contribution is 8.00. The molecule has 4 rings (SSSR count). The molecule has 0 fully saturated rings. The number of fused-ring (bicyclic) bond motifs is 4. The van der Waals surface area contributed by atoms with Gasteiger partial charge in [0.1, 0.15) is 11.9 Å². The number of ether oxygens (including phenoxy) is 1. The summed E-state index contributed by atoms with van der Waals surface area (Å²) in [6, 6.07) is 12.8. The predicted molar refractivity (Wildman–Crippen MR) is 71.8 cm³/mol. The molecule has 17 heavy (non-hydrogen) atoms. The van der Waals surface area contributed by atoms with Crippen molar-refractivity contribution in [1.82, 2.24) is 0 Å². The van der Waals surface area contributed by atoms with Gasteiger partial charge in [-0.05, 0) is 29.3 Å². The number of thioether (sulfide) groups is 1. The van der Waals surface area contributed by atoms with E-state index in [4.69, 9.17) is 4.74 Å². The third kappa shape index (κ3) is 1.40. The summed E-state index contributed by atoms with van der Waals surface area (Å²) in [5.74, 6) is 1.04. The molecule has 1 heterocycles. The average molecular weight is 240 g/mol. The lowest BCUT2D eigenvalue weighted by Crippen LogP contribution is -2.27. The first kappa shape index (κ1) is 9.60. The number of hydrogen-bond acceptors (Lipinski definition) is 2. The number of allylic oxidation sites excluding steroid dienone is 1. The molecule has 0 N–H and O–H groups in total. The number of rotatable bonds is 0. The van der Waals surface area contributed by atoms with Crippen LogP contribution in [0.2, 0.25) is 0 Å². The van der Waals surface area contributed by atoms with Crippen LogP contribution in [0.25, 0.3) is 10.8 Å². The second-order valence-corrected chi connectivity index (χ2v) is 5.77. The van der Waals surface area contributed by atoms with Crippen molar-refractivity contribution in [2.24, 2.45) is 0 Å². The molecule has 2 heteroatoms. The second-order valence-electron chi connectivity index (χ2n) is 4.52. The van der Waals surface area contributed by atoms with E-state index in [9.17, 15) is 0 Å². The fourth-order valence-corrected chi connectivity index (χ4v) is 3.91. The highest BCUT2D eigenvalue weighted by atomic mass is 32.2. The van der Waals surface area contributed by atoms with Gasteiger partial charge in [0, 0.05) is 0 Å². The molecule has 0 aromatic heterocycles. The fraction of sp³-hybridized carbons (Fsp3) is 0.200. The molecule has 2 aliphatic rings. The Balaban J connectivity index is 1.92. The molecule has 0 radical (unpaired) electrons. The first-order chi connectivity index (χ1) is 8.42. The molecule has 2 aromatic carbocycles. The Morgan fingerprint density at radius 1 is 1.12 bits per heavy atom. The van der Waals surface area contributed by atoms with E-state index in [1.54, 1.807) is 0 Å². The van der Waals surface area contributed by atoms with Crippen molar-refractivity contribution in [3.63, 3.8) is 0 Å². The van der Waals surface area contributed by atoms with Crippen LogP contribution in [-0.2, 0) is 0 Å². The van der Waals surface area contributed by atoms with Crippen molar-refractivity contribution in [3.8, 4) is 5.75 Å². The molecule has 2 unspecified atom stereocenters. The monoisotopic (exact) mass is 240 g/mol. The van der Waals surface area contributed by atoms with Crippen molar-refractivity contribution < 1.29 is 4.74 Å². The maximum absolute atomic E-state index is 6.06. The first-order valence-electron chi connectivity index (χ1n) is 5.93. The molecular formula is C15H12OS. The number of benzene rings is 2. The molecule has 84 valence electrons. The van der Waals surface area contributed by atoms with Crippen molar-refractivity contribution in [2.45, 2.75) is 22.7 Å². The smallest absolute Gasteiger partial charge is 0.134 e. The van der Waals surface area contributed by atoms with Crippen molar-refractivity contribution in [1.29, 1.82) is 0 Å². The molecule has 0 saturated carbocycles. The Morgan fingerprint density at radius 3 is 3.06 bits per heavy atom. The molecule has 1 nitrogen and oxygen atoms in total. The van der Waals surface area contributed by atoms with E-state index >= 15 is 0 Å². The maximum Gasteiger partial charge on any atom is 0.134 e. The van der Waals surface area contributed by atoms with E-state index in [0.717, 1.165) is 12.2 Å². The fourth-order valence-electron chi connectivity index (χ4n) is 2.57. The lowest BCUT2D eigenvalue weighted by Gasteiger charge is -2.28. The Bertz CT molecular complexity index is 617. The largest absolute Gasteiger partial charge is 0.484 e. The van der Waals surface area contributed by atoms with Gasteiger partial charge in [0.25, 0.3) is 0 Å². The quantitative estimate of drug-likeness (QED) is 0.643. The van der Waals surface area contributed by atoms with Crippen LogP contribution in [0.5, 0.6) is 5.75 Å². The summed E-state index contributed by atoms with van der Waals surface area (Å²) in [6.07, 6.45) is 5.82. The van der Waals surface area contributed by atoms with E-state index in [1.807, 2.05) is 11.8 Å². The normalized spacial score (nSPS) is 25.4. The zero-order valence-corrected chi connectivity index (χ0v) is 10.1. The van der Waals surface area contributed by atoms with Crippen LogP contribution >= 0.6 is 11.8 Å². The Labute approximate surface area is 104 Å². The predicted octanol–water partition coefficient (Wildman–Crippen LogP) is 4.02. The molecule has 1 aliphatic heterocycles. The standard InChI is InChI=1S/C15H12OS/c1-2-5-11-10(4-1)8-9-13-15(11)17-14-7-3-6-12(14)16-13/h1-6,8-9,12,14H,7H2. The summed E-state index contributed by atoms with van der Waals surface area (Å²) in [6.45, 7) is 0. The minimum Gasteiger partial charge on any atom is -0.484 e. The van der Waals surface area contributed by atoms with Gasteiger partial charge in [-0.15, -0.1) is 11.8 Å². The van der Waals surface area contributed by atoms with Crippen LogP contribution in [-0.4, -0.2) is 11.4 Å². The topological polar surface area (TPSA) is 9.23 Å². The van der Waals surface area contributed by atoms with Crippen LogP contribution in [0, 0.1) is 0 Å². The van der Waals surface area contributed by atoms with Crippen LogP contribution in [0.3, 0.4) is 0 Å². The van der Waals surface area contributed by atoms with Gasteiger partial charge in [0.2, 0.25) is 0 Å². The van der Waals surface area contributed by atoms with Gasteiger partial charge in [-0.3, -0.25) is 0 Å². The van der Waals surface area contributed by atoms with Gasteiger partial charge in [0.15, 0.2) is 0 Å². The summed E-state index contributed by atoms with van der Waals surface area (Å²) in [5, 5.41) is 3.18. The van der Waals surface area contributed by atoms with Crippen LogP contribution in [0.4, 0.5) is 0 Å². The van der Waals surface area contributed by atoms with Crippen LogP contribution in [0.1, 0.15) is 6.42 Å². The minimum absolute atomic E-state index is 0.272. The van der Waals surface area contributed by atoms with Crippen LogP contribution < -0.4 is 4.74 Å². The van der Waals surface area contributed by atoms with E-state index < -0.39 is 0 Å². The summed E-state index contributed by atoms with van der Waals surface area (Å²) >= 11 is 1.97. The molecule has 2 atom stereocenters. The number of hydrogen-bond donors (Lipinski definition) is 0. The zero-order chi connectivity index (χ0) is 11.2. The maximum atomic E-state index is 6.06. The van der Waals surface area contributed by atoms with E-state index in [1.165, 1.54) is 15.7 Å². The molecule has 0 saturated heterocycles. The Hall–Kier alpha value is -1.41. The summed E-state index contributed by atoms with van der Waals surface area (Å²) < 4.78 is 6.06. The first-order valence-corrected chi connectivity index (χ1v) is 6.81. The third-order valence-electron chi connectivity index (χ3n) is 3.44. The highest BCUT2D eigenvalue weighted by Gasteiger charge is 2.32. The Kier molecular flexibility index (Phi) is 2.00. The Morgan fingerprint density at radius 2 is 2.06 bits per heavy atom. The highest BCUT2D eigenvalue weighted by Crippen LogP contribution is 2.46.